The molecule has 1 aromatic carbocycles. The molecule has 25 heavy (non-hydrogen) atoms. The van der Waals surface area contributed by atoms with Gasteiger partial charge in [-0.05, 0) is 49.4 Å². The Balaban J connectivity index is 1.46. The van der Waals surface area contributed by atoms with Crippen molar-refractivity contribution in [1.82, 2.24) is 20.8 Å². The van der Waals surface area contributed by atoms with Gasteiger partial charge in [0.25, 0.3) is 0 Å². The lowest BCUT2D eigenvalue weighted by Crippen LogP contribution is -2.39. The molecule has 0 spiro atoms. The van der Waals surface area contributed by atoms with Gasteiger partial charge in [0.05, 0.1) is 7.11 Å². The summed E-state index contributed by atoms with van der Waals surface area (Å²) in [7, 11) is 1.68. The van der Waals surface area contributed by atoms with Gasteiger partial charge in [-0.15, -0.1) is 0 Å². The molecular formula is C18H24N4O3. The van der Waals surface area contributed by atoms with E-state index >= 15 is 0 Å². The van der Waals surface area contributed by atoms with Crippen LogP contribution in [0, 0.1) is 6.92 Å². The molecule has 7 nitrogen and oxygen atoms in total. The average Bonchev–Trinajstić information content (AvgIpc) is 3.04. The number of fused-ring (bicyclic) bond motifs is 1. The van der Waals surface area contributed by atoms with Crippen molar-refractivity contribution in [2.24, 2.45) is 0 Å². The smallest absolute Gasteiger partial charge is 0.314 e. The Morgan fingerprint density at radius 3 is 3.04 bits per heavy atom. The molecule has 0 aliphatic heterocycles. The Morgan fingerprint density at radius 1 is 1.40 bits per heavy atom. The molecule has 0 fully saturated rings. The van der Waals surface area contributed by atoms with E-state index in [4.69, 9.17) is 9.26 Å². The molecule has 1 aliphatic carbocycles. The van der Waals surface area contributed by atoms with E-state index in [2.05, 4.69) is 32.9 Å². The number of aromatic nitrogens is 2. The highest BCUT2D eigenvalue weighted by Crippen LogP contribution is 2.33. The van der Waals surface area contributed by atoms with Gasteiger partial charge in [-0.25, -0.2) is 4.79 Å². The summed E-state index contributed by atoms with van der Waals surface area (Å²) in [5, 5.41) is 9.51. The molecule has 0 radical (unpaired) electrons. The lowest BCUT2D eigenvalue weighted by atomic mass is 9.82. The second kappa shape index (κ2) is 8.00. The van der Waals surface area contributed by atoms with E-state index in [0.717, 1.165) is 25.0 Å². The van der Waals surface area contributed by atoms with Crippen LogP contribution in [-0.2, 0) is 12.8 Å². The van der Waals surface area contributed by atoms with E-state index in [0.29, 0.717) is 37.1 Å². The van der Waals surface area contributed by atoms with Crippen LogP contribution in [0.1, 0.15) is 41.6 Å². The molecular weight excluding hydrogens is 320 g/mol. The fourth-order valence-electron chi connectivity index (χ4n) is 3.23. The Kier molecular flexibility index (Phi) is 5.53. The fourth-order valence-corrected chi connectivity index (χ4v) is 3.23. The summed E-state index contributed by atoms with van der Waals surface area (Å²) < 4.78 is 10.3. The van der Waals surface area contributed by atoms with Crippen molar-refractivity contribution in [3.05, 3.63) is 41.0 Å². The van der Waals surface area contributed by atoms with E-state index < -0.39 is 0 Å². The molecule has 2 aromatic rings. The van der Waals surface area contributed by atoms with E-state index in [-0.39, 0.29) is 6.03 Å². The van der Waals surface area contributed by atoms with Crippen LogP contribution in [0.3, 0.4) is 0 Å². The van der Waals surface area contributed by atoms with Gasteiger partial charge in [-0.1, -0.05) is 11.2 Å². The number of rotatable bonds is 6. The molecule has 2 N–H and O–H groups in total. The Hall–Kier alpha value is -2.57. The summed E-state index contributed by atoms with van der Waals surface area (Å²) in [5.74, 6) is 2.38. The van der Waals surface area contributed by atoms with Gasteiger partial charge in [0.1, 0.15) is 5.75 Å². The zero-order valence-corrected chi connectivity index (χ0v) is 14.7. The quantitative estimate of drug-likeness (QED) is 0.840. The second-order valence-corrected chi connectivity index (χ2v) is 6.28. The summed E-state index contributed by atoms with van der Waals surface area (Å²) in [5.41, 5.74) is 2.64. The largest absolute Gasteiger partial charge is 0.497 e. The molecule has 7 heteroatoms. The maximum Gasteiger partial charge on any atom is 0.314 e. The van der Waals surface area contributed by atoms with Gasteiger partial charge in [-0.3, -0.25) is 0 Å². The first kappa shape index (κ1) is 17.3. The number of amides is 2. The van der Waals surface area contributed by atoms with E-state index in [9.17, 15) is 4.79 Å². The first-order chi connectivity index (χ1) is 12.2. The van der Waals surface area contributed by atoms with Crippen molar-refractivity contribution >= 4 is 6.03 Å². The third kappa shape index (κ3) is 4.49. The molecule has 1 aliphatic rings. The predicted octanol–water partition coefficient (Wildman–Crippen LogP) is 2.35. The first-order valence-corrected chi connectivity index (χ1v) is 8.63. The monoisotopic (exact) mass is 344 g/mol. The maximum absolute atomic E-state index is 12.0. The van der Waals surface area contributed by atoms with Crippen molar-refractivity contribution in [3.8, 4) is 5.75 Å². The summed E-state index contributed by atoms with van der Waals surface area (Å²) in [4.78, 5) is 16.1. The number of hydrogen-bond donors (Lipinski definition) is 2. The number of ether oxygens (including phenoxy) is 1. The highest BCUT2D eigenvalue weighted by Gasteiger charge is 2.21. The number of nitrogens with one attached hydrogen (secondary N) is 2. The van der Waals surface area contributed by atoms with Gasteiger partial charge in [0.15, 0.2) is 5.82 Å². The summed E-state index contributed by atoms with van der Waals surface area (Å²) >= 11 is 0. The molecule has 1 unspecified atom stereocenters. The molecule has 0 bridgehead atoms. The van der Waals surface area contributed by atoms with Crippen LogP contribution in [0.4, 0.5) is 4.79 Å². The van der Waals surface area contributed by atoms with Crippen LogP contribution >= 0.6 is 0 Å². The van der Waals surface area contributed by atoms with Crippen LogP contribution in [0.15, 0.2) is 22.7 Å². The normalized spacial score (nSPS) is 16.2. The number of benzene rings is 1. The average molecular weight is 344 g/mol. The van der Waals surface area contributed by atoms with E-state index in [1.165, 1.54) is 11.1 Å². The number of aryl methyl sites for hydroxylation is 2. The number of carbonyl (C=O) groups excluding carboxylic acids is 1. The zero-order valence-electron chi connectivity index (χ0n) is 14.7. The van der Waals surface area contributed by atoms with Crippen LogP contribution < -0.4 is 15.4 Å². The number of hydrogen-bond acceptors (Lipinski definition) is 5. The van der Waals surface area contributed by atoms with E-state index in [1.807, 2.05) is 6.07 Å². The minimum absolute atomic E-state index is 0.170. The molecule has 134 valence electrons. The van der Waals surface area contributed by atoms with Gasteiger partial charge in [0.2, 0.25) is 5.89 Å². The predicted molar refractivity (Wildman–Crippen MR) is 92.8 cm³/mol. The minimum atomic E-state index is -0.170. The number of carbonyl (C=O) groups is 1. The summed E-state index contributed by atoms with van der Waals surface area (Å²) in [6.07, 6.45) is 3.81. The van der Waals surface area contributed by atoms with Crippen molar-refractivity contribution in [1.29, 1.82) is 0 Å². The lowest BCUT2D eigenvalue weighted by molar-refractivity contribution is 0.239. The van der Waals surface area contributed by atoms with Gasteiger partial charge >= 0.3 is 6.03 Å². The second-order valence-electron chi connectivity index (χ2n) is 6.28. The lowest BCUT2D eigenvalue weighted by Gasteiger charge is -2.26. The molecule has 0 saturated carbocycles. The third-order valence-electron chi connectivity index (χ3n) is 4.49. The molecule has 2 amide bonds. The van der Waals surface area contributed by atoms with Crippen LogP contribution in [0.5, 0.6) is 5.75 Å². The Morgan fingerprint density at radius 2 is 2.28 bits per heavy atom. The Labute approximate surface area is 147 Å². The standard InChI is InChI=1S/C18H24N4O3/c1-12-21-17(25-22-12)8-9-19-18(23)20-11-14-5-3-4-13-10-15(24-2)6-7-16(13)14/h6-7,10,14H,3-5,8-9,11H2,1-2H3,(H2,19,20,23). The molecule has 1 aromatic heterocycles. The fraction of sp³-hybridized carbons (Fsp3) is 0.500. The summed E-state index contributed by atoms with van der Waals surface area (Å²) in [6.45, 7) is 2.86. The van der Waals surface area contributed by atoms with Gasteiger partial charge < -0.3 is 19.9 Å². The van der Waals surface area contributed by atoms with Gasteiger partial charge in [-0.2, -0.15) is 4.98 Å². The molecule has 3 rings (SSSR count). The number of nitrogens with zero attached hydrogens (tertiary/aromatic N) is 2. The topological polar surface area (TPSA) is 89.3 Å². The molecule has 1 atom stereocenters. The molecule has 0 saturated heterocycles. The third-order valence-corrected chi connectivity index (χ3v) is 4.49. The van der Waals surface area contributed by atoms with Crippen LogP contribution in [-0.4, -0.2) is 36.4 Å². The highest BCUT2D eigenvalue weighted by molar-refractivity contribution is 5.73. The maximum atomic E-state index is 12.0. The number of urea groups is 1. The minimum Gasteiger partial charge on any atom is -0.497 e. The van der Waals surface area contributed by atoms with Crippen LogP contribution in [0.2, 0.25) is 0 Å². The SMILES string of the molecule is COc1ccc2c(c1)CCCC2CNC(=O)NCCc1nc(C)no1. The Bertz CT molecular complexity index is 729. The molecule has 1 heterocycles. The first-order valence-electron chi connectivity index (χ1n) is 8.63. The summed E-state index contributed by atoms with van der Waals surface area (Å²) in [6, 6.07) is 6.05. The highest BCUT2D eigenvalue weighted by atomic mass is 16.5. The van der Waals surface area contributed by atoms with Crippen molar-refractivity contribution in [2.75, 3.05) is 20.2 Å². The van der Waals surface area contributed by atoms with Crippen molar-refractivity contribution < 1.29 is 14.1 Å². The van der Waals surface area contributed by atoms with Crippen LogP contribution in [0.25, 0.3) is 0 Å². The van der Waals surface area contributed by atoms with Gasteiger partial charge in [0, 0.05) is 25.4 Å². The van der Waals surface area contributed by atoms with E-state index in [1.54, 1.807) is 14.0 Å². The van der Waals surface area contributed by atoms with Crippen molar-refractivity contribution in [3.63, 3.8) is 0 Å². The zero-order chi connectivity index (χ0) is 17.6. The number of methoxy groups -OCH3 is 1. The van der Waals surface area contributed by atoms with Crippen molar-refractivity contribution in [2.45, 2.75) is 38.5 Å².